The van der Waals surface area contributed by atoms with Gasteiger partial charge in [-0.25, -0.2) is 13.1 Å². The van der Waals surface area contributed by atoms with E-state index in [1.807, 2.05) is 37.3 Å². The average Bonchev–Trinajstić information content (AvgIpc) is 2.68. The van der Waals surface area contributed by atoms with Gasteiger partial charge in [-0.15, -0.1) is 0 Å². The Kier molecular flexibility index (Phi) is 6.26. The van der Waals surface area contributed by atoms with Crippen molar-refractivity contribution in [1.29, 1.82) is 0 Å². The van der Waals surface area contributed by atoms with Gasteiger partial charge in [0.2, 0.25) is 10.0 Å². The molecule has 6 nitrogen and oxygen atoms in total. The summed E-state index contributed by atoms with van der Waals surface area (Å²) < 4.78 is 27.9. The highest BCUT2D eigenvalue weighted by molar-refractivity contribution is 7.89. The maximum atomic E-state index is 12.6. The van der Waals surface area contributed by atoms with E-state index in [1.54, 1.807) is 6.07 Å². The standard InChI is InChI=1S/C20H25N3O3S/c1-15-7-8-18(27(25,26)22-14-16-5-3-2-4-6-16)13-19(15)20(24)23-17-9-11-21-12-10-17/h2-8,13,17,21-22H,9-12,14H2,1H3,(H,23,24). The van der Waals surface area contributed by atoms with E-state index >= 15 is 0 Å². The Morgan fingerprint density at radius 3 is 2.52 bits per heavy atom. The fraction of sp³-hybridized carbons (Fsp3) is 0.350. The van der Waals surface area contributed by atoms with Crippen LogP contribution in [0.15, 0.2) is 53.4 Å². The lowest BCUT2D eigenvalue weighted by atomic mass is 10.0. The zero-order valence-electron chi connectivity index (χ0n) is 15.4. The number of carbonyl (C=O) groups excluding carboxylic acids is 1. The summed E-state index contributed by atoms with van der Waals surface area (Å²) in [4.78, 5) is 12.7. The molecule has 1 fully saturated rings. The number of sulfonamides is 1. The van der Waals surface area contributed by atoms with E-state index in [9.17, 15) is 13.2 Å². The van der Waals surface area contributed by atoms with Crippen molar-refractivity contribution in [2.45, 2.75) is 37.2 Å². The number of nitrogens with one attached hydrogen (secondary N) is 3. The Morgan fingerprint density at radius 1 is 1.11 bits per heavy atom. The fourth-order valence-electron chi connectivity index (χ4n) is 3.10. The van der Waals surface area contributed by atoms with Gasteiger partial charge in [-0.05, 0) is 56.1 Å². The summed E-state index contributed by atoms with van der Waals surface area (Å²) in [5, 5.41) is 6.28. The number of hydrogen-bond donors (Lipinski definition) is 3. The van der Waals surface area contributed by atoms with E-state index in [0.717, 1.165) is 37.1 Å². The molecule has 0 aliphatic carbocycles. The fourth-order valence-corrected chi connectivity index (χ4v) is 4.14. The normalized spacial score (nSPS) is 15.4. The molecule has 1 amide bonds. The zero-order chi connectivity index (χ0) is 19.3. The van der Waals surface area contributed by atoms with Crippen molar-refractivity contribution in [3.05, 3.63) is 65.2 Å². The molecule has 1 heterocycles. The number of piperidine rings is 1. The minimum absolute atomic E-state index is 0.0968. The van der Waals surface area contributed by atoms with Gasteiger partial charge in [0.05, 0.1) is 4.90 Å². The Hall–Kier alpha value is -2.22. The van der Waals surface area contributed by atoms with Gasteiger partial charge in [0.15, 0.2) is 0 Å². The van der Waals surface area contributed by atoms with Crippen LogP contribution in [0, 0.1) is 6.92 Å². The number of aryl methyl sites for hydroxylation is 1. The highest BCUT2D eigenvalue weighted by Gasteiger charge is 2.20. The molecule has 27 heavy (non-hydrogen) atoms. The van der Waals surface area contributed by atoms with Crippen LogP contribution in [0.3, 0.4) is 0 Å². The monoisotopic (exact) mass is 387 g/mol. The topological polar surface area (TPSA) is 87.3 Å². The highest BCUT2D eigenvalue weighted by atomic mass is 32.2. The molecule has 1 aliphatic heterocycles. The summed E-state index contributed by atoms with van der Waals surface area (Å²) in [6.45, 7) is 3.77. The molecule has 144 valence electrons. The third-order valence-electron chi connectivity index (χ3n) is 4.75. The van der Waals surface area contributed by atoms with Crippen molar-refractivity contribution < 1.29 is 13.2 Å². The maximum Gasteiger partial charge on any atom is 0.251 e. The van der Waals surface area contributed by atoms with Crippen LogP contribution in [-0.2, 0) is 16.6 Å². The van der Waals surface area contributed by atoms with Crippen LogP contribution in [0.2, 0.25) is 0 Å². The van der Waals surface area contributed by atoms with Crippen molar-refractivity contribution in [2.75, 3.05) is 13.1 Å². The van der Waals surface area contributed by atoms with E-state index in [4.69, 9.17) is 0 Å². The second-order valence-corrected chi connectivity index (χ2v) is 8.55. The van der Waals surface area contributed by atoms with Crippen molar-refractivity contribution >= 4 is 15.9 Å². The Bertz CT molecular complexity index is 892. The first-order valence-electron chi connectivity index (χ1n) is 9.11. The SMILES string of the molecule is Cc1ccc(S(=O)(=O)NCc2ccccc2)cc1C(=O)NC1CCNCC1. The van der Waals surface area contributed by atoms with Crippen molar-refractivity contribution in [3.63, 3.8) is 0 Å². The lowest BCUT2D eigenvalue weighted by molar-refractivity contribution is 0.0928. The molecule has 1 aliphatic rings. The number of rotatable bonds is 6. The summed E-state index contributed by atoms with van der Waals surface area (Å²) in [5.41, 5.74) is 2.02. The average molecular weight is 388 g/mol. The van der Waals surface area contributed by atoms with Crippen LogP contribution in [0.5, 0.6) is 0 Å². The third kappa shape index (κ3) is 5.15. The van der Waals surface area contributed by atoms with E-state index in [-0.39, 0.29) is 23.4 Å². The maximum absolute atomic E-state index is 12.6. The molecule has 7 heteroatoms. The Balaban J connectivity index is 1.74. The summed E-state index contributed by atoms with van der Waals surface area (Å²) in [5.74, 6) is -0.223. The molecule has 0 saturated carbocycles. The van der Waals surface area contributed by atoms with Crippen LogP contribution < -0.4 is 15.4 Å². The largest absolute Gasteiger partial charge is 0.349 e. The summed E-state index contributed by atoms with van der Waals surface area (Å²) >= 11 is 0. The molecule has 3 rings (SSSR count). The first-order chi connectivity index (χ1) is 13.0. The van der Waals surface area contributed by atoms with Crippen LogP contribution in [0.4, 0.5) is 0 Å². The Morgan fingerprint density at radius 2 is 1.81 bits per heavy atom. The second kappa shape index (κ2) is 8.65. The number of amides is 1. The first kappa shape index (κ1) is 19.5. The van der Waals surface area contributed by atoms with Gasteiger partial charge in [0.25, 0.3) is 5.91 Å². The van der Waals surface area contributed by atoms with Gasteiger partial charge in [0, 0.05) is 18.2 Å². The predicted octanol–water partition coefficient (Wildman–Crippen LogP) is 1.96. The molecule has 2 aromatic rings. The minimum Gasteiger partial charge on any atom is -0.349 e. The zero-order valence-corrected chi connectivity index (χ0v) is 16.2. The van der Waals surface area contributed by atoms with Crippen molar-refractivity contribution in [3.8, 4) is 0 Å². The minimum atomic E-state index is -3.70. The lowest BCUT2D eigenvalue weighted by Crippen LogP contribution is -2.42. The van der Waals surface area contributed by atoms with Gasteiger partial charge in [-0.1, -0.05) is 36.4 Å². The molecule has 1 saturated heterocycles. The number of hydrogen-bond acceptors (Lipinski definition) is 4. The summed E-state index contributed by atoms with van der Waals surface area (Å²) in [7, 11) is -3.70. The predicted molar refractivity (Wildman–Crippen MR) is 105 cm³/mol. The van der Waals surface area contributed by atoms with Gasteiger partial charge < -0.3 is 10.6 Å². The van der Waals surface area contributed by atoms with E-state index in [2.05, 4.69) is 15.4 Å². The summed E-state index contributed by atoms with van der Waals surface area (Å²) in [6, 6.07) is 14.1. The van der Waals surface area contributed by atoms with Crippen molar-refractivity contribution in [1.82, 2.24) is 15.4 Å². The quantitative estimate of drug-likeness (QED) is 0.707. The molecular weight excluding hydrogens is 362 g/mol. The molecule has 0 spiro atoms. The first-order valence-corrected chi connectivity index (χ1v) is 10.6. The van der Waals surface area contributed by atoms with E-state index in [0.29, 0.717) is 5.56 Å². The molecule has 0 bridgehead atoms. The molecular formula is C20H25N3O3S. The van der Waals surface area contributed by atoms with E-state index < -0.39 is 10.0 Å². The van der Waals surface area contributed by atoms with Crippen LogP contribution in [0.25, 0.3) is 0 Å². The molecule has 2 aromatic carbocycles. The molecule has 3 N–H and O–H groups in total. The van der Waals surface area contributed by atoms with Gasteiger partial charge in [-0.2, -0.15) is 0 Å². The van der Waals surface area contributed by atoms with Gasteiger partial charge in [0.1, 0.15) is 0 Å². The third-order valence-corrected chi connectivity index (χ3v) is 6.15. The van der Waals surface area contributed by atoms with Crippen LogP contribution in [0.1, 0.15) is 34.3 Å². The molecule has 0 aromatic heterocycles. The molecule has 0 radical (unpaired) electrons. The number of benzene rings is 2. The van der Waals surface area contributed by atoms with Crippen LogP contribution in [-0.4, -0.2) is 33.5 Å². The highest BCUT2D eigenvalue weighted by Crippen LogP contribution is 2.17. The second-order valence-electron chi connectivity index (χ2n) is 6.78. The number of carbonyl (C=O) groups is 1. The summed E-state index contributed by atoms with van der Waals surface area (Å²) in [6.07, 6.45) is 1.75. The van der Waals surface area contributed by atoms with Crippen LogP contribution >= 0.6 is 0 Å². The lowest BCUT2D eigenvalue weighted by Gasteiger charge is -2.24. The smallest absolute Gasteiger partial charge is 0.251 e. The van der Waals surface area contributed by atoms with Crippen molar-refractivity contribution in [2.24, 2.45) is 0 Å². The van der Waals surface area contributed by atoms with E-state index in [1.165, 1.54) is 12.1 Å². The molecule has 0 atom stereocenters. The van der Waals surface area contributed by atoms with Gasteiger partial charge in [-0.3, -0.25) is 4.79 Å². The Labute approximate surface area is 160 Å². The molecule has 0 unspecified atom stereocenters. The van der Waals surface area contributed by atoms with Gasteiger partial charge >= 0.3 is 0 Å².